The lowest BCUT2D eigenvalue weighted by molar-refractivity contribution is 1.75. The van der Waals surface area contributed by atoms with Crippen LogP contribution in [0, 0.1) is 0 Å². The Morgan fingerprint density at radius 1 is 0.800 bits per heavy atom. The van der Waals surface area contributed by atoms with E-state index in [-0.39, 0.29) is 0 Å². The van der Waals surface area contributed by atoms with E-state index < -0.39 is 8.80 Å². The van der Waals surface area contributed by atoms with Gasteiger partial charge in [0.2, 0.25) is 0 Å². The zero-order valence-electron chi connectivity index (χ0n) is 8.62. The molecule has 0 spiro atoms. The van der Waals surface area contributed by atoms with E-state index in [9.17, 15) is 0 Å². The van der Waals surface area contributed by atoms with Gasteiger partial charge in [0.15, 0.2) is 0 Å². The zero-order chi connectivity index (χ0) is 10.3. The van der Waals surface area contributed by atoms with Crippen molar-refractivity contribution < 1.29 is 0 Å². The van der Waals surface area contributed by atoms with Crippen LogP contribution in [0.5, 0.6) is 0 Å². The highest BCUT2D eigenvalue weighted by Crippen LogP contribution is 1.94. The quantitative estimate of drug-likeness (QED) is 0.547. The van der Waals surface area contributed by atoms with Crippen LogP contribution < -0.4 is 20.7 Å². The van der Waals surface area contributed by atoms with Gasteiger partial charge in [-0.15, -0.1) is 0 Å². The minimum absolute atomic E-state index is 0.500. The largest absolute Gasteiger partial charge is 0.121 e. The zero-order valence-corrected chi connectivity index (χ0v) is 10.6. The normalized spacial score (nSPS) is 14.5. The van der Waals surface area contributed by atoms with Crippen LogP contribution in [0.3, 0.4) is 0 Å². The second-order valence-electron chi connectivity index (χ2n) is 3.84. The third-order valence-corrected chi connectivity index (χ3v) is 7.33. The number of hydrogen-bond donors (Lipinski definition) is 0. The molecular weight excluding hydrogens is 212 g/mol. The molecule has 0 saturated carbocycles. The molecule has 0 aromatic heterocycles. The summed E-state index contributed by atoms with van der Waals surface area (Å²) in [6.07, 6.45) is 0. The molecule has 0 bridgehead atoms. The third kappa shape index (κ3) is 1.41. The second kappa shape index (κ2) is 3.47. The molecule has 1 aliphatic heterocycles. The van der Waals surface area contributed by atoms with Gasteiger partial charge in [0, 0.05) is 0 Å². The predicted octanol–water partition coefficient (Wildman–Crippen LogP) is -0.106. The van der Waals surface area contributed by atoms with Gasteiger partial charge < -0.3 is 0 Å². The lowest BCUT2D eigenvalue weighted by atomic mass is 10.3. The molecule has 0 N–H and O–H groups in total. The lowest BCUT2D eigenvalue weighted by Gasteiger charge is -2.23. The Labute approximate surface area is 94.4 Å². The van der Waals surface area contributed by atoms with Crippen molar-refractivity contribution in [1.29, 1.82) is 0 Å². The molecule has 0 atom stereocenters. The predicted molar refractivity (Wildman–Crippen MR) is 68.8 cm³/mol. The molecule has 0 fully saturated rings. The highest BCUT2D eigenvalue weighted by molar-refractivity contribution is 6.96. The van der Waals surface area contributed by atoms with E-state index in [1.807, 2.05) is 0 Å². The van der Waals surface area contributed by atoms with Gasteiger partial charge in [-0.2, -0.15) is 0 Å². The van der Waals surface area contributed by atoms with Gasteiger partial charge >= 0.3 is 0 Å². The van der Waals surface area contributed by atoms with Gasteiger partial charge in [0.05, 0.1) is 0 Å². The highest BCUT2D eigenvalue weighted by Gasteiger charge is 2.22. The number of benzene rings is 2. The molecule has 0 nitrogen and oxygen atoms in total. The van der Waals surface area contributed by atoms with Gasteiger partial charge in [-0.25, -0.2) is 0 Å². The Kier molecular flexibility index (Phi) is 2.11. The highest BCUT2D eigenvalue weighted by atomic mass is 28.3. The van der Waals surface area contributed by atoms with Gasteiger partial charge in [0.1, 0.15) is 18.3 Å². The topological polar surface area (TPSA) is 0 Å². The van der Waals surface area contributed by atoms with Crippen LogP contribution in [-0.2, 0) is 0 Å². The van der Waals surface area contributed by atoms with Crippen LogP contribution in [-0.4, -0.2) is 18.3 Å². The lowest BCUT2D eigenvalue weighted by Crippen LogP contribution is -2.62. The summed E-state index contributed by atoms with van der Waals surface area (Å²) in [5.41, 5.74) is 0. The summed E-state index contributed by atoms with van der Waals surface area (Å²) in [6.45, 7) is 2.41. The van der Waals surface area contributed by atoms with Gasteiger partial charge in [-0.05, 0) is 0 Å². The van der Waals surface area contributed by atoms with E-state index in [0.717, 1.165) is 9.52 Å². The summed E-state index contributed by atoms with van der Waals surface area (Å²) in [7, 11) is 0.356. The number of rotatable bonds is 0. The SMILES string of the molecule is C[Si]1c2ccccc2[Si]c2ccccc21. The summed E-state index contributed by atoms with van der Waals surface area (Å²) in [5.74, 6) is 0. The van der Waals surface area contributed by atoms with Crippen LogP contribution in [0.25, 0.3) is 0 Å². The third-order valence-electron chi connectivity index (χ3n) is 2.93. The first-order valence-electron chi connectivity index (χ1n) is 5.15. The molecule has 0 unspecified atom stereocenters. The first-order valence-corrected chi connectivity index (χ1v) is 8.15. The Hall–Kier alpha value is -1.13. The standard InChI is InChI=1S/C13H11Si2/c1-15-12-8-4-2-6-10(12)14-11-7-3-5-9-13(11)15/h2-9H,1H3. The Bertz CT molecular complexity index is 460. The van der Waals surface area contributed by atoms with Crippen LogP contribution in [0.2, 0.25) is 6.55 Å². The van der Waals surface area contributed by atoms with Gasteiger partial charge in [-0.1, -0.05) is 75.8 Å². The molecule has 0 aliphatic carbocycles. The molecular formula is C13H11Si2. The molecule has 1 heterocycles. The maximum Gasteiger partial charge on any atom is 0.121 e. The van der Waals surface area contributed by atoms with Crippen LogP contribution in [0.4, 0.5) is 0 Å². The van der Waals surface area contributed by atoms with Gasteiger partial charge in [0.25, 0.3) is 0 Å². The van der Waals surface area contributed by atoms with E-state index >= 15 is 0 Å². The molecule has 3 rings (SSSR count). The molecule has 1 aliphatic rings. The molecule has 2 aromatic rings. The molecule has 2 aromatic carbocycles. The molecule has 0 saturated heterocycles. The van der Waals surface area contributed by atoms with Crippen molar-refractivity contribution >= 4 is 39.1 Å². The molecule has 71 valence electrons. The average molecular weight is 223 g/mol. The summed E-state index contributed by atoms with van der Waals surface area (Å²) in [4.78, 5) is 0. The Balaban J connectivity index is 2.20. The van der Waals surface area contributed by atoms with Crippen molar-refractivity contribution in [1.82, 2.24) is 0 Å². The minimum Gasteiger partial charge on any atom is -0.0632 e. The van der Waals surface area contributed by atoms with E-state index in [4.69, 9.17) is 0 Å². The van der Waals surface area contributed by atoms with Crippen molar-refractivity contribution in [3.63, 3.8) is 0 Å². The maximum absolute atomic E-state index is 2.41. The number of hydrogen-bond acceptors (Lipinski definition) is 0. The van der Waals surface area contributed by atoms with Gasteiger partial charge in [-0.3, -0.25) is 0 Å². The smallest absolute Gasteiger partial charge is 0.0632 e. The van der Waals surface area contributed by atoms with Crippen molar-refractivity contribution in [3.05, 3.63) is 48.5 Å². The van der Waals surface area contributed by atoms with Crippen LogP contribution in [0.15, 0.2) is 48.5 Å². The fraction of sp³-hybridized carbons (Fsp3) is 0.0769. The molecule has 15 heavy (non-hydrogen) atoms. The van der Waals surface area contributed by atoms with E-state index in [1.165, 1.54) is 0 Å². The summed E-state index contributed by atoms with van der Waals surface area (Å²) >= 11 is 0. The van der Waals surface area contributed by atoms with E-state index in [2.05, 4.69) is 55.1 Å². The fourth-order valence-corrected chi connectivity index (χ4v) is 6.67. The molecule has 0 amide bonds. The Morgan fingerprint density at radius 3 is 1.80 bits per heavy atom. The Morgan fingerprint density at radius 2 is 1.27 bits per heavy atom. The van der Waals surface area contributed by atoms with E-state index in [0.29, 0.717) is 0 Å². The average Bonchev–Trinajstić information content (AvgIpc) is 2.30. The van der Waals surface area contributed by atoms with Crippen LogP contribution in [0.1, 0.15) is 0 Å². The molecule has 2 heteroatoms. The first-order chi connectivity index (χ1) is 7.36. The van der Waals surface area contributed by atoms with Crippen molar-refractivity contribution in [2.45, 2.75) is 6.55 Å². The number of fused-ring (bicyclic) bond motifs is 2. The minimum atomic E-state index is -0.500. The maximum atomic E-state index is 2.41. The molecule has 3 radical (unpaired) electrons. The second-order valence-corrected chi connectivity index (χ2v) is 7.50. The monoisotopic (exact) mass is 223 g/mol. The van der Waals surface area contributed by atoms with E-state index in [1.54, 1.807) is 20.7 Å². The summed E-state index contributed by atoms with van der Waals surface area (Å²) in [6, 6.07) is 17.9. The first kappa shape index (κ1) is 9.13. The van der Waals surface area contributed by atoms with Crippen molar-refractivity contribution in [3.8, 4) is 0 Å². The van der Waals surface area contributed by atoms with Crippen LogP contribution >= 0.6 is 0 Å². The fourth-order valence-electron chi connectivity index (χ4n) is 2.13. The van der Waals surface area contributed by atoms with Crippen molar-refractivity contribution in [2.24, 2.45) is 0 Å². The summed E-state index contributed by atoms with van der Waals surface area (Å²) < 4.78 is 0. The summed E-state index contributed by atoms with van der Waals surface area (Å²) in [5, 5.41) is 6.35. The van der Waals surface area contributed by atoms with Crippen molar-refractivity contribution in [2.75, 3.05) is 0 Å².